The maximum absolute atomic E-state index is 5.16. The lowest BCUT2D eigenvalue weighted by Crippen LogP contribution is -2.31. The van der Waals surface area contributed by atoms with Gasteiger partial charge >= 0.3 is 0 Å². The largest absolute Gasteiger partial charge is 0.373 e. The Hall–Kier alpha value is -0.370. The Morgan fingerprint density at radius 3 is 2.00 bits per heavy atom. The summed E-state index contributed by atoms with van der Waals surface area (Å²) in [6.45, 7) is 5.95. The highest BCUT2D eigenvalue weighted by Crippen LogP contribution is 2.08. The zero-order chi connectivity index (χ0) is 7.49. The van der Waals surface area contributed by atoms with Gasteiger partial charge in [-0.15, -0.1) is 0 Å². The van der Waals surface area contributed by atoms with E-state index in [1.807, 2.05) is 20.8 Å². The Morgan fingerprint density at radius 1 is 1.44 bits per heavy atom. The Kier molecular flexibility index (Phi) is 2.85. The second-order valence-corrected chi connectivity index (χ2v) is 2.52. The van der Waals surface area contributed by atoms with Crippen molar-refractivity contribution in [2.45, 2.75) is 26.4 Å². The molecule has 0 aromatic carbocycles. The molecule has 0 aromatic rings. The Balaban J connectivity index is 4.14. The van der Waals surface area contributed by atoms with Gasteiger partial charge in [-0.1, -0.05) is 0 Å². The van der Waals surface area contributed by atoms with E-state index in [2.05, 4.69) is 4.99 Å². The number of ether oxygens (including phenoxy) is 1. The fraction of sp³-hybridized carbons (Fsp3) is 0.857. The molecule has 9 heavy (non-hydrogen) atoms. The predicted molar refractivity (Wildman–Crippen MR) is 40.1 cm³/mol. The molecule has 0 saturated carbocycles. The van der Waals surface area contributed by atoms with Crippen molar-refractivity contribution in [3.63, 3.8) is 0 Å². The molecule has 54 valence electrons. The van der Waals surface area contributed by atoms with Crippen LogP contribution in [0.5, 0.6) is 0 Å². The maximum Gasteiger partial charge on any atom is 0.0994 e. The molecule has 0 amide bonds. The smallest absolute Gasteiger partial charge is 0.0994 e. The van der Waals surface area contributed by atoms with Gasteiger partial charge < -0.3 is 4.74 Å². The predicted octanol–water partition coefficient (Wildman–Crippen LogP) is 1.50. The van der Waals surface area contributed by atoms with Crippen molar-refractivity contribution in [1.29, 1.82) is 0 Å². The molecule has 0 radical (unpaired) electrons. The van der Waals surface area contributed by atoms with Crippen molar-refractivity contribution in [3.05, 3.63) is 0 Å². The Morgan fingerprint density at radius 2 is 1.89 bits per heavy atom. The summed E-state index contributed by atoms with van der Waals surface area (Å²) in [6.07, 6.45) is 0. The quantitative estimate of drug-likeness (QED) is 0.518. The lowest BCUT2D eigenvalue weighted by atomic mass is 10.0. The summed E-state index contributed by atoms with van der Waals surface area (Å²) in [7, 11) is 3.46. The first kappa shape index (κ1) is 8.63. The molecule has 0 aromatic heterocycles. The van der Waals surface area contributed by atoms with Gasteiger partial charge in [0.25, 0.3) is 0 Å². The van der Waals surface area contributed by atoms with Gasteiger partial charge in [-0.3, -0.25) is 4.99 Å². The molecule has 2 heteroatoms. The van der Waals surface area contributed by atoms with Gasteiger partial charge in [-0.05, 0) is 20.8 Å². The lowest BCUT2D eigenvalue weighted by Gasteiger charge is -2.21. The zero-order valence-corrected chi connectivity index (χ0v) is 6.86. The minimum absolute atomic E-state index is 0.200. The molecular weight excluding hydrogens is 114 g/mol. The third-order valence-corrected chi connectivity index (χ3v) is 1.72. The van der Waals surface area contributed by atoms with Crippen molar-refractivity contribution in [2.24, 2.45) is 4.99 Å². The van der Waals surface area contributed by atoms with E-state index in [9.17, 15) is 0 Å². The van der Waals surface area contributed by atoms with E-state index in [0.717, 1.165) is 5.71 Å². The molecule has 0 bridgehead atoms. The van der Waals surface area contributed by atoms with Crippen molar-refractivity contribution in [3.8, 4) is 0 Å². The number of hydrogen-bond donors (Lipinski definition) is 0. The molecular formula is C7H15NO. The number of aliphatic imine (C=N–C) groups is 1. The summed E-state index contributed by atoms with van der Waals surface area (Å²) in [4.78, 5) is 4.02. The number of nitrogens with zero attached hydrogens (tertiary/aromatic N) is 1. The van der Waals surface area contributed by atoms with E-state index in [0.29, 0.717) is 0 Å². The topological polar surface area (TPSA) is 21.6 Å². The van der Waals surface area contributed by atoms with Gasteiger partial charge in [-0.2, -0.15) is 0 Å². The van der Waals surface area contributed by atoms with Crippen LogP contribution in [0.4, 0.5) is 0 Å². The highest BCUT2D eigenvalue weighted by atomic mass is 16.5. The monoisotopic (exact) mass is 129 g/mol. The van der Waals surface area contributed by atoms with Crippen LogP contribution in [0.15, 0.2) is 4.99 Å². The fourth-order valence-corrected chi connectivity index (χ4v) is 0.417. The van der Waals surface area contributed by atoms with Crippen LogP contribution >= 0.6 is 0 Å². The number of hydrogen-bond acceptors (Lipinski definition) is 2. The summed E-state index contributed by atoms with van der Waals surface area (Å²) in [5, 5.41) is 0. The van der Waals surface area contributed by atoms with E-state index in [4.69, 9.17) is 4.74 Å². The first-order chi connectivity index (χ1) is 4.04. The van der Waals surface area contributed by atoms with Gasteiger partial charge in [0, 0.05) is 19.9 Å². The molecule has 0 unspecified atom stereocenters. The van der Waals surface area contributed by atoms with Gasteiger partial charge in [0.15, 0.2) is 0 Å². The fourth-order valence-electron chi connectivity index (χ4n) is 0.417. The molecule has 0 fully saturated rings. The molecule has 0 N–H and O–H groups in total. The van der Waals surface area contributed by atoms with Gasteiger partial charge in [0.2, 0.25) is 0 Å². The van der Waals surface area contributed by atoms with Crippen molar-refractivity contribution in [2.75, 3.05) is 14.2 Å². The molecule has 0 aliphatic heterocycles. The summed E-state index contributed by atoms with van der Waals surface area (Å²) in [6, 6.07) is 0. The van der Waals surface area contributed by atoms with Crippen LogP contribution in [0.25, 0.3) is 0 Å². The molecule has 2 nitrogen and oxygen atoms in total. The maximum atomic E-state index is 5.16. The van der Waals surface area contributed by atoms with Crippen LogP contribution < -0.4 is 0 Å². The molecule has 0 aliphatic carbocycles. The van der Waals surface area contributed by atoms with Crippen LogP contribution in [0.3, 0.4) is 0 Å². The van der Waals surface area contributed by atoms with E-state index in [1.165, 1.54) is 0 Å². The highest BCUT2D eigenvalue weighted by molar-refractivity contribution is 5.89. The Bertz CT molecular complexity index is 116. The number of rotatable bonds is 2. The summed E-state index contributed by atoms with van der Waals surface area (Å²) >= 11 is 0. The molecule has 0 aliphatic rings. The third kappa shape index (κ3) is 2.14. The standard InChI is InChI=1S/C7H15NO/c1-6(8-4)7(2,3)9-5/h1-5H3. The van der Waals surface area contributed by atoms with E-state index in [1.54, 1.807) is 14.2 Å². The van der Waals surface area contributed by atoms with Crippen molar-refractivity contribution < 1.29 is 4.74 Å². The highest BCUT2D eigenvalue weighted by Gasteiger charge is 2.18. The first-order valence-electron chi connectivity index (χ1n) is 3.03. The van der Waals surface area contributed by atoms with Crippen molar-refractivity contribution in [1.82, 2.24) is 0 Å². The SMILES string of the molecule is CN=C(C)C(C)(C)OC. The second kappa shape index (κ2) is 2.97. The van der Waals surface area contributed by atoms with Crippen LogP contribution in [0.1, 0.15) is 20.8 Å². The molecule has 0 saturated heterocycles. The number of methoxy groups -OCH3 is 1. The molecule has 0 spiro atoms. The average Bonchev–Trinajstić information content (AvgIpc) is 1.86. The third-order valence-electron chi connectivity index (χ3n) is 1.72. The van der Waals surface area contributed by atoms with Gasteiger partial charge in [-0.25, -0.2) is 0 Å². The van der Waals surface area contributed by atoms with Crippen LogP contribution in [-0.4, -0.2) is 25.5 Å². The van der Waals surface area contributed by atoms with Gasteiger partial charge in [0.05, 0.1) is 5.60 Å². The van der Waals surface area contributed by atoms with Crippen LogP contribution in [0, 0.1) is 0 Å². The minimum Gasteiger partial charge on any atom is -0.373 e. The zero-order valence-electron chi connectivity index (χ0n) is 6.86. The molecule has 0 atom stereocenters. The van der Waals surface area contributed by atoms with E-state index < -0.39 is 0 Å². The average molecular weight is 129 g/mol. The lowest BCUT2D eigenvalue weighted by molar-refractivity contribution is 0.0822. The molecule has 0 rings (SSSR count). The molecule has 0 heterocycles. The second-order valence-electron chi connectivity index (χ2n) is 2.52. The summed E-state index contributed by atoms with van der Waals surface area (Å²) in [5.74, 6) is 0. The van der Waals surface area contributed by atoms with Crippen LogP contribution in [0.2, 0.25) is 0 Å². The first-order valence-corrected chi connectivity index (χ1v) is 3.03. The van der Waals surface area contributed by atoms with Gasteiger partial charge in [0.1, 0.15) is 0 Å². The minimum atomic E-state index is -0.200. The van der Waals surface area contributed by atoms with E-state index >= 15 is 0 Å². The van der Waals surface area contributed by atoms with Crippen LogP contribution in [-0.2, 0) is 4.74 Å². The summed E-state index contributed by atoms with van der Waals surface area (Å²) in [5.41, 5.74) is 0.819. The van der Waals surface area contributed by atoms with Crippen molar-refractivity contribution >= 4 is 5.71 Å². The normalized spacial score (nSPS) is 14.1. The van der Waals surface area contributed by atoms with E-state index in [-0.39, 0.29) is 5.60 Å². The Labute approximate surface area is 56.9 Å². The summed E-state index contributed by atoms with van der Waals surface area (Å²) < 4.78 is 5.16.